The predicted molar refractivity (Wildman–Crippen MR) is 74.6 cm³/mol. The molecule has 0 aliphatic rings. The van der Waals surface area contributed by atoms with Crippen LogP contribution in [0.5, 0.6) is 0 Å². The molecule has 2 aromatic rings. The first kappa shape index (κ1) is 13.7. The highest BCUT2D eigenvalue weighted by molar-refractivity contribution is 5.63. The fourth-order valence-electron chi connectivity index (χ4n) is 2.01. The van der Waals surface area contributed by atoms with E-state index in [9.17, 15) is 5.11 Å². The molecule has 19 heavy (non-hydrogen) atoms. The number of rotatable bonds is 5. The lowest BCUT2D eigenvalue weighted by Gasteiger charge is -2.20. The quantitative estimate of drug-likeness (QED) is 0.838. The third-order valence-corrected chi connectivity index (χ3v) is 3.08. The molecule has 1 N–H and O–H groups in total. The van der Waals surface area contributed by atoms with Crippen molar-refractivity contribution < 1.29 is 14.6 Å². The molecule has 0 aliphatic carbocycles. The van der Waals surface area contributed by atoms with E-state index in [1.807, 2.05) is 42.5 Å². The fourth-order valence-corrected chi connectivity index (χ4v) is 2.01. The molecule has 0 heterocycles. The number of methoxy groups -OCH3 is 2. The number of ether oxygens (including phenoxy) is 2. The Labute approximate surface area is 113 Å². The molecule has 0 bridgehead atoms. The zero-order chi connectivity index (χ0) is 13.7. The van der Waals surface area contributed by atoms with Crippen molar-refractivity contribution in [2.75, 3.05) is 14.2 Å². The third-order valence-electron chi connectivity index (χ3n) is 3.08. The van der Waals surface area contributed by atoms with Gasteiger partial charge in [-0.2, -0.15) is 0 Å². The van der Waals surface area contributed by atoms with Crippen LogP contribution in [-0.2, 0) is 9.47 Å². The van der Waals surface area contributed by atoms with Crippen LogP contribution in [0.25, 0.3) is 11.1 Å². The number of hydrogen-bond donors (Lipinski definition) is 1. The van der Waals surface area contributed by atoms with Crippen molar-refractivity contribution in [1.29, 1.82) is 0 Å². The second-order valence-corrected chi connectivity index (χ2v) is 4.27. The topological polar surface area (TPSA) is 38.7 Å². The Morgan fingerprint density at radius 2 is 1.32 bits per heavy atom. The van der Waals surface area contributed by atoms with Gasteiger partial charge >= 0.3 is 0 Å². The van der Waals surface area contributed by atoms with Gasteiger partial charge in [0, 0.05) is 14.2 Å². The minimum atomic E-state index is -0.792. The smallest absolute Gasteiger partial charge is 0.187 e. The molecule has 0 aromatic heterocycles. The minimum absolute atomic E-state index is 0.650. The summed E-state index contributed by atoms with van der Waals surface area (Å²) in [5.41, 5.74) is 3.04. The summed E-state index contributed by atoms with van der Waals surface area (Å²) < 4.78 is 10.1. The second kappa shape index (κ2) is 6.48. The van der Waals surface area contributed by atoms with Gasteiger partial charge < -0.3 is 14.6 Å². The Hall–Kier alpha value is -1.68. The molecular formula is C16H18O3. The summed E-state index contributed by atoms with van der Waals surface area (Å²) in [5.74, 6) is 0. The molecule has 0 aliphatic heterocycles. The van der Waals surface area contributed by atoms with Crippen LogP contribution in [0.2, 0.25) is 0 Å². The van der Waals surface area contributed by atoms with Crippen LogP contribution in [0.3, 0.4) is 0 Å². The first-order valence-corrected chi connectivity index (χ1v) is 6.15. The van der Waals surface area contributed by atoms with Gasteiger partial charge in [0.2, 0.25) is 0 Å². The SMILES string of the molecule is COC(OC)C(O)c1ccc(-c2ccccc2)cc1. The van der Waals surface area contributed by atoms with Gasteiger partial charge in [0.05, 0.1) is 0 Å². The van der Waals surface area contributed by atoms with E-state index in [1.165, 1.54) is 14.2 Å². The number of hydrogen-bond acceptors (Lipinski definition) is 3. The molecule has 0 spiro atoms. The van der Waals surface area contributed by atoms with Crippen LogP contribution in [0.4, 0.5) is 0 Å². The highest BCUT2D eigenvalue weighted by Gasteiger charge is 2.19. The molecule has 1 unspecified atom stereocenters. The molecule has 3 nitrogen and oxygen atoms in total. The van der Waals surface area contributed by atoms with E-state index in [4.69, 9.17) is 9.47 Å². The van der Waals surface area contributed by atoms with Crippen LogP contribution >= 0.6 is 0 Å². The zero-order valence-electron chi connectivity index (χ0n) is 11.1. The summed E-state index contributed by atoms with van der Waals surface area (Å²) >= 11 is 0. The van der Waals surface area contributed by atoms with Gasteiger partial charge in [-0.25, -0.2) is 0 Å². The molecule has 0 radical (unpaired) electrons. The average molecular weight is 258 g/mol. The van der Waals surface area contributed by atoms with Gasteiger partial charge in [0.25, 0.3) is 0 Å². The van der Waals surface area contributed by atoms with Gasteiger partial charge in [0.1, 0.15) is 6.10 Å². The van der Waals surface area contributed by atoms with E-state index in [0.717, 1.165) is 16.7 Å². The fraction of sp³-hybridized carbons (Fsp3) is 0.250. The van der Waals surface area contributed by atoms with E-state index in [0.29, 0.717) is 0 Å². The molecule has 0 fully saturated rings. The van der Waals surface area contributed by atoms with Crippen LogP contribution in [0.1, 0.15) is 11.7 Å². The van der Waals surface area contributed by atoms with Crippen molar-refractivity contribution in [1.82, 2.24) is 0 Å². The lowest BCUT2D eigenvalue weighted by atomic mass is 10.0. The number of benzene rings is 2. The normalized spacial score (nSPS) is 12.6. The minimum Gasteiger partial charge on any atom is -0.383 e. The van der Waals surface area contributed by atoms with Crippen LogP contribution in [0.15, 0.2) is 54.6 Å². The Morgan fingerprint density at radius 3 is 1.84 bits per heavy atom. The van der Waals surface area contributed by atoms with Gasteiger partial charge in [-0.1, -0.05) is 54.6 Å². The molecule has 0 saturated carbocycles. The maximum Gasteiger partial charge on any atom is 0.187 e. The monoisotopic (exact) mass is 258 g/mol. The largest absolute Gasteiger partial charge is 0.383 e. The summed E-state index contributed by atoms with van der Waals surface area (Å²) in [7, 11) is 3.02. The summed E-state index contributed by atoms with van der Waals surface area (Å²) in [6.07, 6.45) is -1.44. The van der Waals surface area contributed by atoms with E-state index in [-0.39, 0.29) is 0 Å². The molecule has 3 heteroatoms. The number of aliphatic hydroxyl groups excluding tert-OH is 1. The maximum atomic E-state index is 10.1. The third kappa shape index (κ3) is 3.20. The van der Waals surface area contributed by atoms with E-state index in [1.54, 1.807) is 0 Å². The van der Waals surface area contributed by atoms with Crippen LogP contribution in [-0.4, -0.2) is 25.6 Å². The van der Waals surface area contributed by atoms with E-state index >= 15 is 0 Å². The highest BCUT2D eigenvalue weighted by atomic mass is 16.7. The van der Waals surface area contributed by atoms with Crippen molar-refractivity contribution in [2.24, 2.45) is 0 Å². The van der Waals surface area contributed by atoms with E-state index < -0.39 is 12.4 Å². The predicted octanol–water partition coefficient (Wildman–Crippen LogP) is 3.01. The van der Waals surface area contributed by atoms with E-state index in [2.05, 4.69) is 12.1 Å². The summed E-state index contributed by atoms with van der Waals surface area (Å²) in [4.78, 5) is 0. The second-order valence-electron chi connectivity index (χ2n) is 4.27. The Morgan fingerprint density at radius 1 is 0.789 bits per heavy atom. The van der Waals surface area contributed by atoms with Crippen molar-refractivity contribution >= 4 is 0 Å². The summed E-state index contributed by atoms with van der Waals surface area (Å²) in [6, 6.07) is 17.8. The van der Waals surface area contributed by atoms with Crippen molar-refractivity contribution in [3.8, 4) is 11.1 Å². The lowest BCUT2D eigenvalue weighted by Crippen LogP contribution is -2.22. The Kier molecular flexibility index (Phi) is 4.68. The van der Waals surface area contributed by atoms with Crippen molar-refractivity contribution in [2.45, 2.75) is 12.4 Å². The summed E-state index contributed by atoms with van der Waals surface area (Å²) in [5, 5.41) is 10.1. The van der Waals surface area contributed by atoms with Crippen LogP contribution in [0, 0.1) is 0 Å². The number of aliphatic hydroxyl groups is 1. The van der Waals surface area contributed by atoms with Gasteiger partial charge in [0.15, 0.2) is 6.29 Å². The molecule has 1 atom stereocenters. The summed E-state index contributed by atoms with van der Waals surface area (Å²) in [6.45, 7) is 0. The van der Waals surface area contributed by atoms with Gasteiger partial charge in [-0.15, -0.1) is 0 Å². The molecule has 2 rings (SSSR count). The molecular weight excluding hydrogens is 240 g/mol. The highest BCUT2D eigenvalue weighted by Crippen LogP contribution is 2.24. The zero-order valence-corrected chi connectivity index (χ0v) is 11.1. The molecule has 100 valence electrons. The van der Waals surface area contributed by atoms with Crippen molar-refractivity contribution in [3.05, 3.63) is 60.2 Å². The van der Waals surface area contributed by atoms with Crippen molar-refractivity contribution in [3.63, 3.8) is 0 Å². The lowest BCUT2D eigenvalue weighted by molar-refractivity contribution is -0.166. The molecule has 0 amide bonds. The Bertz CT molecular complexity index is 489. The first-order valence-electron chi connectivity index (χ1n) is 6.15. The average Bonchev–Trinajstić information content (AvgIpc) is 2.49. The first-order chi connectivity index (χ1) is 9.26. The maximum absolute atomic E-state index is 10.1. The van der Waals surface area contributed by atoms with Gasteiger partial charge in [-0.3, -0.25) is 0 Å². The molecule has 0 saturated heterocycles. The van der Waals surface area contributed by atoms with Crippen LogP contribution < -0.4 is 0 Å². The standard InChI is InChI=1S/C16H18O3/c1-18-16(19-2)15(17)14-10-8-13(9-11-14)12-6-4-3-5-7-12/h3-11,15-17H,1-2H3. The Balaban J connectivity index is 2.19. The molecule has 2 aromatic carbocycles. The van der Waals surface area contributed by atoms with Gasteiger partial charge in [-0.05, 0) is 16.7 Å².